The molecule has 3 fully saturated rings. The summed E-state index contributed by atoms with van der Waals surface area (Å²) in [6.07, 6.45) is 11.0. The minimum Gasteiger partial charge on any atom is -0.400 e. The Morgan fingerprint density at radius 1 is 1.18 bits per heavy atom. The minimum atomic E-state index is -0.680. The Morgan fingerprint density at radius 3 is 2.44 bits per heavy atom. The normalized spacial score (nSPS) is 34.6. The van der Waals surface area contributed by atoms with Gasteiger partial charge in [0, 0.05) is 20.1 Å². The summed E-state index contributed by atoms with van der Waals surface area (Å²) in [6.45, 7) is 17.0. The summed E-state index contributed by atoms with van der Waals surface area (Å²) < 4.78 is 6.19. The first-order valence-electron chi connectivity index (χ1n) is 13.2. The van der Waals surface area contributed by atoms with Crippen LogP contribution < -0.4 is 0 Å². The van der Waals surface area contributed by atoms with Gasteiger partial charge in [0.1, 0.15) is 0 Å². The zero-order valence-electron chi connectivity index (χ0n) is 22.8. The summed E-state index contributed by atoms with van der Waals surface area (Å²) in [5.74, 6) is 1.11. The third-order valence-corrected chi connectivity index (χ3v) is 7.96. The van der Waals surface area contributed by atoms with Crippen LogP contribution in [0.1, 0.15) is 92.9 Å². The second kappa shape index (κ2) is 13.9. The van der Waals surface area contributed by atoms with Crippen LogP contribution in [0.2, 0.25) is 0 Å². The first kappa shape index (κ1) is 31.1. The molecule has 0 spiro atoms. The van der Waals surface area contributed by atoms with Crippen LogP contribution in [0.3, 0.4) is 0 Å². The Kier molecular flexibility index (Phi) is 12.7. The summed E-state index contributed by atoms with van der Waals surface area (Å²) in [7, 11) is 1.00. The van der Waals surface area contributed by atoms with Crippen LogP contribution in [-0.2, 0) is 4.74 Å². The molecule has 5 nitrogen and oxygen atoms in total. The highest BCUT2D eigenvalue weighted by atomic mass is 16.5. The Balaban J connectivity index is 0.00000137. The zero-order valence-corrected chi connectivity index (χ0v) is 22.8. The predicted octanol–water partition coefficient (Wildman–Crippen LogP) is 5.33. The maximum atomic E-state index is 10.1. The molecule has 5 heteroatoms. The molecule has 0 heterocycles. The van der Waals surface area contributed by atoms with Crippen molar-refractivity contribution in [3.8, 4) is 0 Å². The highest BCUT2D eigenvalue weighted by Crippen LogP contribution is 2.58. The molecule has 3 saturated carbocycles. The van der Waals surface area contributed by atoms with Crippen molar-refractivity contribution in [2.75, 3.05) is 13.7 Å². The number of rotatable bonds is 6. The standard InChI is InChI=1S/C26H42O4.C2H6.CH4O/c1-17-20(15-21(27)16-24(17)28)9-8-19-7-6-12-26(5)22(10-11-23(19)26)18(2)30-14-13-25(3,4)29;2*1-2/h8-9,18,21-24,27-29H,1,6-7,10-16H2,2-5H3;1-2H3;2H,1H3/b19-8+,20-9-;;/t18-,21+,22+,23-,24-,26+;;/m0../s1. The highest BCUT2D eigenvalue weighted by Gasteiger charge is 2.51. The average molecular weight is 481 g/mol. The van der Waals surface area contributed by atoms with Crippen LogP contribution in [0.15, 0.2) is 35.5 Å². The van der Waals surface area contributed by atoms with E-state index in [0.29, 0.717) is 37.7 Å². The van der Waals surface area contributed by atoms with Crippen LogP contribution in [0, 0.1) is 17.3 Å². The molecule has 0 aliphatic heterocycles. The van der Waals surface area contributed by atoms with E-state index in [9.17, 15) is 15.3 Å². The molecule has 0 aromatic carbocycles. The lowest BCUT2D eigenvalue weighted by Crippen LogP contribution is -2.39. The van der Waals surface area contributed by atoms with Crippen molar-refractivity contribution in [1.29, 1.82) is 0 Å². The molecule has 0 radical (unpaired) electrons. The third-order valence-electron chi connectivity index (χ3n) is 7.96. The number of hydrogen-bond acceptors (Lipinski definition) is 5. The van der Waals surface area contributed by atoms with Gasteiger partial charge in [0.25, 0.3) is 0 Å². The van der Waals surface area contributed by atoms with E-state index in [1.54, 1.807) is 0 Å². The molecule has 6 atom stereocenters. The number of fused-ring (bicyclic) bond motifs is 1. The Hall–Kier alpha value is -0.980. The largest absolute Gasteiger partial charge is 0.400 e. The SMILES string of the molecule is C=C1/C(=C\C=C2/CCC[C@]3(C)[C@@H]([C@H](C)OCCC(C)(C)O)CC[C@@H]23)C[C@@H](O)C[C@@H]1O.CC.CO. The van der Waals surface area contributed by atoms with Crippen LogP contribution in [0.5, 0.6) is 0 Å². The van der Waals surface area contributed by atoms with Gasteiger partial charge in [-0.2, -0.15) is 0 Å². The topological polar surface area (TPSA) is 90.2 Å². The first-order chi connectivity index (χ1) is 16.0. The van der Waals surface area contributed by atoms with Crippen molar-refractivity contribution in [2.24, 2.45) is 17.3 Å². The van der Waals surface area contributed by atoms with Gasteiger partial charge in [0.2, 0.25) is 0 Å². The van der Waals surface area contributed by atoms with Gasteiger partial charge in [0.05, 0.1) is 23.9 Å². The molecular weight excluding hydrogens is 428 g/mol. The van der Waals surface area contributed by atoms with Gasteiger partial charge in [-0.3, -0.25) is 0 Å². The highest BCUT2D eigenvalue weighted by molar-refractivity contribution is 5.38. The maximum Gasteiger partial charge on any atom is 0.0811 e. The Morgan fingerprint density at radius 2 is 1.82 bits per heavy atom. The summed E-state index contributed by atoms with van der Waals surface area (Å²) in [4.78, 5) is 0. The van der Waals surface area contributed by atoms with Crippen molar-refractivity contribution < 1.29 is 25.2 Å². The minimum absolute atomic E-state index is 0.198. The second-order valence-electron chi connectivity index (χ2n) is 10.8. The first-order valence-corrected chi connectivity index (χ1v) is 13.2. The van der Waals surface area contributed by atoms with E-state index < -0.39 is 17.8 Å². The van der Waals surface area contributed by atoms with Gasteiger partial charge in [-0.15, -0.1) is 0 Å². The van der Waals surface area contributed by atoms with E-state index in [4.69, 9.17) is 9.84 Å². The molecule has 3 rings (SSSR count). The van der Waals surface area contributed by atoms with Crippen molar-refractivity contribution in [3.63, 3.8) is 0 Å². The maximum absolute atomic E-state index is 10.1. The van der Waals surface area contributed by atoms with Crippen molar-refractivity contribution >= 4 is 0 Å². The summed E-state index contributed by atoms with van der Waals surface area (Å²) in [5, 5.41) is 37.1. The molecule has 198 valence electrons. The van der Waals surface area contributed by atoms with Gasteiger partial charge in [-0.05, 0) is 94.1 Å². The molecule has 0 saturated heterocycles. The molecule has 3 aliphatic carbocycles. The van der Waals surface area contributed by atoms with E-state index >= 15 is 0 Å². The molecule has 34 heavy (non-hydrogen) atoms. The smallest absolute Gasteiger partial charge is 0.0811 e. The fourth-order valence-electron chi connectivity index (χ4n) is 6.13. The monoisotopic (exact) mass is 480 g/mol. The van der Waals surface area contributed by atoms with Crippen molar-refractivity contribution in [3.05, 3.63) is 35.5 Å². The molecular formula is C29H52O5. The molecule has 0 amide bonds. The third kappa shape index (κ3) is 8.03. The number of ether oxygens (including phenoxy) is 1. The van der Waals surface area contributed by atoms with Gasteiger partial charge in [-0.25, -0.2) is 0 Å². The summed E-state index contributed by atoms with van der Waals surface area (Å²) >= 11 is 0. The lowest BCUT2D eigenvalue weighted by Gasteiger charge is -2.44. The van der Waals surface area contributed by atoms with Crippen molar-refractivity contribution in [1.82, 2.24) is 0 Å². The number of hydrogen-bond donors (Lipinski definition) is 4. The van der Waals surface area contributed by atoms with Crippen molar-refractivity contribution in [2.45, 2.75) is 117 Å². The lowest BCUT2D eigenvalue weighted by atomic mass is 9.62. The van der Waals surface area contributed by atoms with Gasteiger partial charge < -0.3 is 25.2 Å². The van der Waals surface area contributed by atoms with Gasteiger partial charge in [0.15, 0.2) is 0 Å². The average Bonchev–Trinajstić information content (AvgIpc) is 3.14. The summed E-state index contributed by atoms with van der Waals surface area (Å²) in [6, 6.07) is 0. The molecule has 0 bridgehead atoms. The Labute approximate surface area is 208 Å². The number of allylic oxidation sites excluding steroid dienone is 3. The molecule has 4 N–H and O–H groups in total. The van der Waals surface area contributed by atoms with E-state index in [1.807, 2.05) is 27.7 Å². The van der Waals surface area contributed by atoms with Gasteiger partial charge >= 0.3 is 0 Å². The van der Waals surface area contributed by atoms with Crippen LogP contribution in [-0.4, -0.2) is 58.1 Å². The van der Waals surface area contributed by atoms with E-state index in [2.05, 4.69) is 32.6 Å². The number of aliphatic hydroxyl groups is 4. The van der Waals surface area contributed by atoms with Crippen LogP contribution >= 0.6 is 0 Å². The van der Waals surface area contributed by atoms with Gasteiger partial charge in [-0.1, -0.05) is 45.1 Å². The van der Waals surface area contributed by atoms with Crippen LogP contribution in [0.4, 0.5) is 0 Å². The van der Waals surface area contributed by atoms with Crippen LogP contribution in [0.25, 0.3) is 0 Å². The van der Waals surface area contributed by atoms with E-state index in [0.717, 1.165) is 24.7 Å². The predicted molar refractivity (Wildman–Crippen MR) is 141 cm³/mol. The quantitative estimate of drug-likeness (QED) is 0.413. The molecule has 3 aliphatic rings. The second-order valence-corrected chi connectivity index (χ2v) is 10.8. The molecule has 0 aromatic heterocycles. The Bertz CT molecular complexity index is 689. The van der Waals surface area contributed by atoms with E-state index in [-0.39, 0.29) is 11.5 Å². The molecule has 0 unspecified atom stereocenters. The zero-order chi connectivity index (χ0) is 26.1. The summed E-state index contributed by atoms with van der Waals surface area (Å²) in [5.41, 5.74) is 2.82. The molecule has 0 aromatic rings. The number of aliphatic hydroxyl groups excluding tert-OH is 3. The fraction of sp³-hybridized carbons (Fsp3) is 0.793. The lowest BCUT2D eigenvalue weighted by molar-refractivity contribution is -0.0454. The fourth-order valence-corrected chi connectivity index (χ4v) is 6.13. The van der Waals surface area contributed by atoms with E-state index in [1.165, 1.54) is 31.3 Å².